The average Bonchev–Trinajstić information content (AvgIpc) is 2.58. The quantitative estimate of drug-likeness (QED) is 0.816. The van der Waals surface area contributed by atoms with Crippen LogP contribution < -0.4 is 5.32 Å². The van der Waals surface area contributed by atoms with Crippen LogP contribution in [0.4, 0.5) is 4.79 Å². The van der Waals surface area contributed by atoms with E-state index in [1.54, 1.807) is 0 Å². The van der Waals surface area contributed by atoms with E-state index in [1.165, 1.54) is 0 Å². The predicted octanol–water partition coefficient (Wildman–Crippen LogP) is 4.06. The van der Waals surface area contributed by atoms with Gasteiger partial charge in [0.15, 0.2) is 0 Å². The lowest BCUT2D eigenvalue weighted by atomic mass is 9.82. The Morgan fingerprint density at radius 3 is 2.32 bits per heavy atom. The molecule has 0 radical (unpaired) electrons. The van der Waals surface area contributed by atoms with Gasteiger partial charge in [-0.1, -0.05) is 30.3 Å². The van der Waals surface area contributed by atoms with Crippen molar-refractivity contribution in [3.63, 3.8) is 0 Å². The zero-order valence-corrected chi connectivity index (χ0v) is 15.4. The van der Waals surface area contributed by atoms with Crippen molar-refractivity contribution in [2.24, 2.45) is 11.8 Å². The molecule has 0 aromatic heterocycles. The minimum Gasteiger partial charge on any atom is -0.460 e. The third-order valence-corrected chi connectivity index (χ3v) is 4.33. The highest BCUT2D eigenvalue weighted by Gasteiger charge is 2.30. The van der Waals surface area contributed by atoms with Crippen LogP contribution in [0.25, 0.3) is 0 Å². The molecule has 1 aromatic rings. The number of hydrogen-bond donors (Lipinski definition) is 1. The van der Waals surface area contributed by atoms with Gasteiger partial charge in [-0.05, 0) is 57.9 Å². The number of alkyl carbamates (subject to hydrolysis) is 1. The largest absolute Gasteiger partial charge is 0.460 e. The number of carbonyl (C=O) groups is 2. The molecule has 0 saturated heterocycles. The Morgan fingerprint density at radius 1 is 1.08 bits per heavy atom. The van der Waals surface area contributed by atoms with Crippen molar-refractivity contribution in [3.8, 4) is 0 Å². The number of ether oxygens (including phenoxy) is 2. The van der Waals surface area contributed by atoms with Crippen LogP contribution in [0.1, 0.15) is 52.0 Å². The molecule has 1 fully saturated rings. The third-order valence-electron chi connectivity index (χ3n) is 4.33. The Balaban J connectivity index is 1.63. The number of carbonyl (C=O) groups excluding carboxylic acids is 2. The van der Waals surface area contributed by atoms with Crippen molar-refractivity contribution in [2.45, 2.75) is 58.7 Å². The van der Waals surface area contributed by atoms with E-state index in [4.69, 9.17) is 9.47 Å². The number of amides is 1. The summed E-state index contributed by atoms with van der Waals surface area (Å²) in [6.45, 7) is 6.54. The molecule has 1 amide bonds. The van der Waals surface area contributed by atoms with Crippen LogP contribution in [0.3, 0.4) is 0 Å². The Bertz CT molecular complexity index is 557. The van der Waals surface area contributed by atoms with Crippen LogP contribution in [-0.4, -0.2) is 24.2 Å². The van der Waals surface area contributed by atoms with E-state index in [1.807, 2.05) is 51.1 Å². The van der Waals surface area contributed by atoms with Crippen molar-refractivity contribution in [1.82, 2.24) is 5.32 Å². The van der Waals surface area contributed by atoms with Gasteiger partial charge in [-0.3, -0.25) is 4.79 Å². The minimum atomic E-state index is -0.433. The first-order chi connectivity index (χ1) is 11.8. The molecule has 0 unspecified atom stereocenters. The van der Waals surface area contributed by atoms with Crippen LogP contribution in [0.15, 0.2) is 30.3 Å². The molecule has 1 saturated carbocycles. The van der Waals surface area contributed by atoms with Crippen LogP contribution in [0, 0.1) is 11.8 Å². The second kappa shape index (κ2) is 8.88. The van der Waals surface area contributed by atoms with Crippen molar-refractivity contribution in [2.75, 3.05) is 6.54 Å². The van der Waals surface area contributed by atoms with Gasteiger partial charge in [0.1, 0.15) is 12.2 Å². The van der Waals surface area contributed by atoms with Crippen LogP contribution in [-0.2, 0) is 20.9 Å². The molecule has 0 spiro atoms. The number of esters is 1. The first-order valence-corrected chi connectivity index (χ1v) is 9.01. The van der Waals surface area contributed by atoms with Crippen molar-refractivity contribution < 1.29 is 19.1 Å². The number of nitrogens with one attached hydrogen (secondary N) is 1. The van der Waals surface area contributed by atoms with Crippen LogP contribution >= 0.6 is 0 Å². The molecule has 1 aliphatic carbocycles. The number of benzene rings is 1. The fourth-order valence-electron chi connectivity index (χ4n) is 2.99. The van der Waals surface area contributed by atoms with Crippen molar-refractivity contribution >= 4 is 12.1 Å². The highest BCUT2D eigenvalue weighted by Crippen LogP contribution is 2.30. The molecule has 1 N–H and O–H groups in total. The summed E-state index contributed by atoms with van der Waals surface area (Å²) in [6.07, 6.45) is 3.09. The highest BCUT2D eigenvalue weighted by molar-refractivity contribution is 5.73. The molecule has 5 heteroatoms. The van der Waals surface area contributed by atoms with Gasteiger partial charge in [0.05, 0.1) is 5.92 Å². The van der Waals surface area contributed by atoms with Crippen LogP contribution in [0.5, 0.6) is 0 Å². The molecule has 1 aliphatic rings. The Morgan fingerprint density at radius 2 is 1.72 bits per heavy atom. The summed E-state index contributed by atoms with van der Waals surface area (Å²) in [5.41, 5.74) is 0.536. The molecule has 2 rings (SSSR count). The van der Waals surface area contributed by atoms with E-state index >= 15 is 0 Å². The van der Waals surface area contributed by atoms with Gasteiger partial charge in [0, 0.05) is 6.54 Å². The summed E-state index contributed by atoms with van der Waals surface area (Å²) in [5.74, 6) is 0.282. The van der Waals surface area contributed by atoms with E-state index in [0.29, 0.717) is 12.5 Å². The molecule has 0 atom stereocenters. The van der Waals surface area contributed by atoms with E-state index < -0.39 is 11.7 Å². The fourth-order valence-corrected chi connectivity index (χ4v) is 2.99. The maximum Gasteiger partial charge on any atom is 0.407 e. The van der Waals surface area contributed by atoms with Gasteiger partial charge >= 0.3 is 12.1 Å². The Labute approximate surface area is 150 Å². The summed E-state index contributed by atoms with van der Waals surface area (Å²) in [4.78, 5) is 23.9. The monoisotopic (exact) mass is 347 g/mol. The molecule has 0 heterocycles. The summed E-state index contributed by atoms with van der Waals surface area (Å²) in [5, 5.41) is 2.83. The normalized spacial score (nSPS) is 20.6. The van der Waals surface area contributed by atoms with Crippen LogP contribution in [0.2, 0.25) is 0 Å². The van der Waals surface area contributed by atoms with Gasteiger partial charge in [0.2, 0.25) is 0 Å². The van der Waals surface area contributed by atoms with E-state index in [2.05, 4.69) is 5.32 Å². The smallest absolute Gasteiger partial charge is 0.407 e. The Hall–Kier alpha value is -2.04. The number of rotatable bonds is 5. The first-order valence-electron chi connectivity index (χ1n) is 9.01. The molecular formula is C20H29NO4. The van der Waals surface area contributed by atoms with Crippen molar-refractivity contribution in [3.05, 3.63) is 35.9 Å². The molecule has 0 bridgehead atoms. The van der Waals surface area contributed by atoms with Gasteiger partial charge in [0.25, 0.3) is 0 Å². The molecule has 25 heavy (non-hydrogen) atoms. The first kappa shape index (κ1) is 19.3. The summed E-state index contributed by atoms with van der Waals surface area (Å²) >= 11 is 0. The van der Waals surface area contributed by atoms with E-state index in [9.17, 15) is 9.59 Å². The maximum atomic E-state index is 12.1. The summed E-state index contributed by atoms with van der Waals surface area (Å²) < 4.78 is 10.7. The molecule has 138 valence electrons. The van der Waals surface area contributed by atoms with E-state index in [0.717, 1.165) is 31.2 Å². The molecule has 1 aromatic carbocycles. The SMILES string of the molecule is CC(C)(C)OC(=O)C1CCC(CNC(=O)OCc2ccccc2)CC1. The van der Waals surface area contributed by atoms with Crippen molar-refractivity contribution in [1.29, 1.82) is 0 Å². The highest BCUT2D eigenvalue weighted by atomic mass is 16.6. The second-order valence-corrected chi connectivity index (χ2v) is 7.69. The topological polar surface area (TPSA) is 64.6 Å². The molecule has 5 nitrogen and oxygen atoms in total. The maximum absolute atomic E-state index is 12.1. The minimum absolute atomic E-state index is 0.0134. The second-order valence-electron chi connectivity index (χ2n) is 7.69. The zero-order chi connectivity index (χ0) is 18.3. The van der Waals surface area contributed by atoms with Gasteiger partial charge in [-0.2, -0.15) is 0 Å². The number of hydrogen-bond acceptors (Lipinski definition) is 4. The summed E-state index contributed by atoms with van der Waals surface area (Å²) in [7, 11) is 0. The molecular weight excluding hydrogens is 318 g/mol. The van der Waals surface area contributed by atoms with Gasteiger partial charge in [-0.15, -0.1) is 0 Å². The summed E-state index contributed by atoms with van der Waals surface area (Å²) in [6, 6.07) is 9.60. The van der Waals surface area contributed by atoms with Gasteiger partial charge in [-0.25, -0.2) is 4.79 Å². The lowest BCUT2D eigenvalue weighted by Crippen LogP contribution is -2.34. The van der Waals surface area contributed by atoms with Gasteiger partial charge < -0.3 is 14.8 Å². The lowest BCUT2D eigenvalue weighted by Gasteiger charge is -2.29. The fraction of sp³-hybridized carbons (Fsp3) is 0.600. The predicted molar refractivity (Wildman–Crippen MR) is 95.9 cm³/mol. The average molecular weight is 347 g/mol. The Kier molecular flexibility index (Phi) is 6.85. The third kappa shape index (κ3) is 7.16. The zero-order valence-electron chi connectivity index (χ0n) is 15.4. The molecule has 0 aliphatic heterocycles. The lowest BCUT2D eigenvalue weighted by molar-refractivity contribution is -0.161. The van der Waals surface area contributed by atoms with E-state index in [-0.39, 0.29) is 18.5 Å². The standard InChI is InChI=1S/C20H29NO4/c1-20(2,3)25-18(22)17-11-9-15(10-12-17)13-21-19(23)24-14-16-7-5-4-6-8-16/h4-8,15,17H,9-14H2,1-3H3,(H,21,23).